The normalized spacial score (nSPS) is 17.8. The standard InChI is InChI=1S/C16H24N2O3/c1-4-20-14-7-12-6-11(3)21-15(12)8-13(14)9-18-16(19)5-10(2)17/h7-8,10-11H,4-6,9,17H2,1-3H3,(H,18,19). The third-order valence-electron chi connectivity index (χ3n) is 3.36. The Labute approximate surface area is 125 Å². The van der Waals surface area contributed by atoms with Crippen molar-refractivity contribution in [3.8, 4) is 11.5 Å². The van der Waals surface area contributed by atoms with Gasteiger partial charge in [-0.1, -0.05) is 0 Å². The second-order valence-corrected chi connectivity index (χ2v) is 5.59. The molecule has 2 rings (SSSR count). The largest absolute Gasteiger partial charge is 0.494 e. The van der Waals surface area contributed by atoms with E-state index in [1.54, 1.807) is 0 Å². The predicted molar refractivity (Wildman–Crippen MR) is 81.5 cm³/mol. The van der Waals surface area contributed by atoms with E-state index in [9.17, 15) is 4.79 Å². The molecule has 5 heteroatoms. The highest BCUT2D eigenvalue weighted by molar-refractivity contribution is 5.76. The van der Waals surface area contributed by atoms with Crippen LogP contribution in [0.1, 0.15) is 38.3 Å². The van der Waals surface area contributed by atoms with Crippen molar-refractivity contribution >= 4 is 5.91 Å². The molecule has 21 heavy (non-hydrogen) atoms. The van der Waals surface area contributed by atoms with Gasteiger partial charge < -0.3 is 20.5 Å². The van der Waals surface area contributed by atoms with Gasteiger partial charge in [-0.05, 0) is 32.9 Å². The van der Waals surface area contributed by atoms with Crippen molar-refractivity contribution in [2.75, 3.05) is 6.61 Å². The van der Waals surface area contributed by atoms with Gasteiger partial charge in [0, 0.05) is 36.6 Å². The average molecular weight is 292 g/mol. The summed E-state index contributed by atoms with van der Waals surface area (Å²) in [5.74, 6) is 1.65. The van der Waals surface area contributed by atoms with Gasteiger partial charge in [-0.15, -0.1) is 0 Å². The zero-order valence-corrected chi connectivity index (χ0v) is 12.9. The number of rotatable bonds is 6. The molecule has 1 aromatic rings. The van der Waals surface area contributed by atoms with Crippen LogP contribution in [0.5, 0.6) is 11.5 Å². The minimum Gasteiger partial charge on any atom is -0.494 e. The highest BCUT2D eigenvalue weighted by Gasteiger charge is 2.22. The average Bonchev–Trinajstić information content (AvgIpc) is 2.74. The van der Waals surface area contributed by atoms with Crippen molar-refractivity contribution in [3.63, 3.8) is 0 Å². The van der Waals surface area contributed by atoms with Gasteiger partial charge in [0.15, 0.2) is 0 Å². The van der Waals surface area contributed by atoms with Gasteiger partial charge in [-0.25, -0.2) is 0 Å². The lowest BCUT2D eigenvalue weighted by molar-refractivity contribution is -0.121. The molecule has 5 nitrogen and oxygen atoms in total. The molecule has 0 fully saturated rings. The van der Waals surface area contributed by atoms with Crippen LogP contribution >= 0.6 is 0 Å². The van der Waals surface area contributed by atoms with E-state index >= 15 is 0 Å². The van der Waals surface area contributed by atoms with E-state index < -0.39 is 0 Å². The number of nitrogens with two attached hydrogens (primary N) is 1. The van der Waals surface area contributed by atoms with Crippen molar-refractivity contribution in [2.45, 2.75) is 52.3 Å². The lowest BCUT2D eigenvalue weighted by Gasteiger charge is -2.14. The van der Waals surface area contributed by atoms with Crippen LogP contribution in [-0.2, 0) is 17.8 Å². The molecular formula is C16H24N2O3. The molecule has 3 N–H and O–H groups in total. The van der Waals surface area contributed by atoms with Crippen LogP contribution in [0.3, 0.4) is 0 Å². The van der Waals surface area contributed by atoms with Crippen molar-refractivity contribution in [3.05, 3.63) is 23.3 Å². The fourth-order valence-electron chi connectivity index (χ4n) is 2.47. The minimum absolute atomic E-state index is 0.0535. The summed E-state index contributed by atoms with van der Waals surface area (Å²) >= 11 is 0. The third-order valence-corrected chi connectivity index (χ3v) is 3.36. The Morgan fingerprint density at radius 1 is 1.57 bits per heavy atom. The molecule has 0 radical (unpaired) electrons. The highest BCUT2D eigenvalue weighted by atomic mass is 16.5. The molecule has 0 spiro atoms. The molecule has 1 aliphatic heterocycles. The predicted octanol–water partition coefficient (Wildman–Crippen LogP) is 1.76. The number of ether oxygens (including phenoxy) is 2. The maximum Gasteiger partial charge on any atom is 0.221 e. The number of amides is 1. The molecule has 0 aliphatic carbocycles. The second kappa shape index (κ2) is 6.80. The van der Waals surface area contributed by atoms with Crippen molar-refractivity contribution in [2.24, 2.45) is 5.73 Å². The summed E-state index contributed by atoms with van der Waals surface area (Å²) in [6.45, 7) is 6.83. The lowest BCUT2D eigenvalue weighted by atomic mass is 10.1. The lowest BCUT2D eigenvalue weighted by Crippen LogP contribution is -2.29. The Morgan fingerprint density at radius 3 is 3.00 bits per heavy atom. The fraction of sp³-hybridized carbons (Fsp3) is 0.562. The number of hydrogen-bond donors (Lipinski definition) is 2. The fourth-order valence-corrected chi connectivity index (χ4v) is 2.47. The number of benzene rings is 1. The topological polar surface area (TPSA) is 73.6 Å². The van der Waals surface area contributed by atoms with Crippen LogP contribution in [-0.4, -0.2) is 24.7 Å². The Hall–Kier alpha value is -1.75. The first-order valence-electron chi connectivity index (χ1n) is 7.47. The first-order chi connectivity index (χ1) is 9.99. The van der Waals surface area contributed by atoms with Crippen LogP contribution in [0.25, 0.3) is 0 Å². The van der Waals surface area contributed by atoms with Crippen molar-refractivity contribution < 1.29 is 14.3 Å². The van der Waals surface area contributed by atoms with E-state index in [4.69, 9.17) is 15.2 Å². The SMILES string of the molecule is CCOc1cc2c(cc1CNC(=O)CC(C)N)OC(C)C2. The smallest absolute Gasteiger partial charge is 0.221 e. The van der Waals surface area contributed by atoms with Crippen molar-refractivity contribution in [1.82, 2.24) is 5.32 Å². The molecule has 0 saturated heterocycles. The van der Waals surface area contributed by atoms with Crippen LogP contribution in [0, 0.1) is 0 Å². The number of hydrogen-bond acceptors (Lipinski definition) is 4. The van der Waals surface area contributed by atoms with Gasteiger partial charge in [0.25, 0.3) is 0 Å². The summed E-state index contributed by atoms with van der Waals surface area (Å²) in [6, 6.07) is 3.85. The maximum absolute atomic E-state index is 11.7. The number of fused-ring (bicyclic) bond motifs is 1. The number of carbonyl (C=O) groups excluding carboxylic acids is 1. The van der Waals surface area contributed by atoms with Crippen LogP contribution in [0.2, 0.25) is 0 Å². The Morgan fingerprint density at radius 2 is 2.33 bits per heavy atom. The Kier molecular flexibility index (Phi) is 5.07. The molecule has 0 bridgehead atoms. The van der Waals surface area contributed by atoms with Crippen LogP contribution in [0.15, 0.2) is 12.1 Å². The molecule has 116 valence electrons. The van der Waals surface area contributed by atoms with E-state index in [-0.39, 0.29) is 18.1 Å². The van der Waals surface area contributed by atoms with Crippen LogP contribution in [0.4, 0.5) is 0 Å². The summed E-state index contributed by atoms with van der Waals surface area (Å²) in [4.78, 5) is 11.7. The van der Waals surface area contributed by atoms with E-state index in [0.29, 0.717) is 19.6 Å². The van der Waals surface area contributed by atoms with E-state index in [2.05, 4.69) is 5.32 Å². The summed E-state index contributed by atoms with van der Waals surface area (Å²) in [5, 5.41) is 2.88. The van der Waals surface area contributed by atoms with Gasteiger partial charge in [0.1, 0.15) is 17.6 Å². The highest BCUT2D eigenvalue weighted by Crippen LogP contribution is 2.35. The Balaban J connectivity index is 2.10. The molecule has 1 amide bonds. The quantitative estimate of drug-likeness (QED) is 0.838. The number of nitrogens with one attached hydrogen (secondary N) is 1. The van der Waals surface area contributed by atoms with Gasteiger partial charge in [0.2, 0.25) is 5.91 Å². The summed E-state index contributed by atoms with van der Waals surface area (Å²) in [5.41, 5.74) is 7.72. The van der Waals surface area contributed by atoms with E-state index in [1.807, 2.05) is 32.9 Å². The zero-order valence-electron chi connectivity index (χ0n) is 12.9. The minimum atomic E-state index is -0.138. The monoisotopic (exact) mass is 292 g/mol. The molecule has 2 unspecified atom stereocenters. The van der Waals surface area contributed by atoms with Gasteiger partial charge in [-0.2, -0.15) is 0 Å². The molecular weight excluding hydrogens is 268 g/mol. The van der Waals surface area contributed by atoms with E-state index in [0.717, 1.165) is 29.0 Å². The van der Waals surface area contributed by atoms with Gasteiger partial charge >= 0.3 is 0 Å². The molecule has 1 aromatic carbocycles. The molecule has 2 atom stereocenters. The second-order valence-electron chi connectivity index (χ2n) is 5.59. The summed E-state index contributed by atoms with van der Waals surface area (Å²) in [7, 11) is 0. The van der Waals surface area contributed by atoms with Crippen molar-refractivity contribution in [1.29, 1.82) is 0 Å². The van der Waals surface area contributed by atoms with Crippen LogP contribution < -0.4 is 20.5 Å². The zero-order chi connectivity index (χ0) is 15.4. The Bertz CT molecular complexity index is 514. The molecule has 0 saturated carbocycles. The number of carbonyl (C=O) groups is 1. The summed E-state index contributed by atoms with van der Waals surface area (Å²) in [6.07, 6.45) is 1.41. The first kappa shape index (κ1) is 15.6. The molecule has 0 aromatic heterocycles. The summed E-state index contributed by atoms with van der Waals surface area (Å²) < 4.78 is 11.4. The third kappa shape index (κ3) is 4.11. The molecule has 1 aliphatic rings. The molecule has 1 heterocycles. The van der Waals surface area contributed by atoms with Gasteiger partial charge in [-0.3, -0.25) is 4.79 Å². The van der Waals surface area contributed by atoms with Gasteiger partial charge in [0.05, 0.1) is 6.61 Å². The maximum atomic E-state index is 11.7. The van der Waals surface area contributed by atoms with E-state index in [1.165, 1.54) is 0 Å². The first-order valence-corrected chi connectivity index (χ1v) is 7.47.